The van der Waals surface area contributed by atoms with Crippen LogP contribution in [0, 0.1) is 6.92 Å². The number of phenolic OH excluding ortho intramolecular Hbond substituents is 1. The summed E-state index contributed by atoms with van der Waals surface area (Å²) in [5.74, 6) is -0.0800. The third kappa shape index (κ3) is 4.27. The molecule has 0 aliphatic carbocycles. The van der Waals surface area contributed by atoms with E-state index in [0.29, 0.717) is 16.7 Å². The number of benzene rings is 1. The van der Waals surface area contributed by atoms with Gasteiger partial charge in [-0.05, 0) is 59.1 Å². The average Bonchev–Trinajstić information content (AvgIpc) is 2.44. The van der Waals surface area contributed by atoms with Crippen molar-refractivity contribution in [3.63, 3.8) is 0 Å². The Morgan fingerprint density at radius 2 is 2.00 bits per heavy atom. The van der Waals surface area contributed by atoms with Crippen LogP contribution in [0.25, 0.3) is 0 Å². The summed E-state index contributed by atoms with van der Waals surface area (Å²) >= 11 is 3.27. The number of phenols is 1. The lowest BCUT2D eigenvalue weighted by molar-refractivity contribution is -0.117. The minimum absolute atomic E-state index is 0.188. The summed E-state index contributed by atoms with van der Waals surface area (Å²) in [6.45, 7) is 1.81. The Labute approximate surface area is 131 Å². The highest BCUT2D eigenvalue weighted by Gasteiger charge is 2.15. The predicted molar refractivity (Wildman–Crippen MR) is 85.1 cm³/mol. The van der Waals surface area contributed by atoms with E-state index in [2.05, 4.69) is 26.2 Å². The van der Waals surface area contributed by atoms with Crippen molar-refractivity contribution in [2.45, 2.75) is 19.4 Å². The van der Waals surface area contributed by atoms with Crippen LogP contribution in [-0.4, -0.2) is 22.0 Å². The molecule has 0 spiro atoms. The fourth-order valence-electron chi connectivity index (χ4n) is 1.87. The van der Waals surface area contributed by atoms with Crippen LogP contribution in [0.3, 0.4) is 0 Å². The maximum atomic E-state index is 12.1. The number of anilines is 1. The van der Waals surface area contributed by atoms with Crippen LogP contribution in [0.2, 0.25) is 0 Å². The number of nitrogens with zero attached hydrogens (tertiary/aromatic N) is 1. The Morgan fingerprint density at radius 1 is 1.33 bits per heavy atom. The molecule has 0 bridgehead atoms. The summed E-state index contributed by atoms with van der Waals surface area (Å²) in [4.78, 5) is 16.3. The Morgan fingerprint density at radius 3 is 2.62 bits per heavy atom. The zero-order chi connectivity index (χ0) is 15.4. The molecule has 0 radical (unpaired) electrons. The van der Waals surface area contributed by atoms with E-state index in [1.807, 2.05) is 6.92 Å². The second kappa shape index (κ2) is 6.69. The number of pyridine rings is 1. The molecule has 0 aliphatic heterocycles. The van der Waals surface area contributed by atoms with Gasteiger partial charge in [-0.15, -0.1) is 0 Å². The molecule has 0 aliphatic rings. The highest BCUT2D eigenvalue weighted by molar-refractivity contribution is 9.10. The Bertz CT molecular complexity index is 644. The van der Waals surface area contributed by atoms with E-state index in [0.717, 1.165) is 11.3 Å². The molecule has 5 nitrogen and oxygen atoms in total. The Kier molecular flexibility index (Phi) is 4.93. The molecule has 2 aromatic rings. The number of carbonyl (C=O) groups excluding carboxylic acids is 1. The minimum Gasteiger partial charge on any atom is -0.508 e. The number of rotatable bonds is 4. The Balaban J connectivity index is 2.00. The van der Waals surface area contributed by atoms with Gasteiger partial charge < -0.3 is 16.2 Å². The summed E-state index contributed by atoms with van der Waals surface area (Å²) in [6.07, 6.45) is 0.398. The Hall–Kier alpha value is -1.92. The molecule has 2 rings (SSSR count). The second-order valence-electron chi connectivity index (χ2n) is 4.73. The predicted octanol–water partition coefficient (Wildman–Crippen LogP) is 2.37. The van der Waals surface area contributed by atoms with Crippen molar-refractivity contribution in [3.8, 4) is 5.75 Å². The van der Waals surface area contributed by atoms with Gasteiger partial charge in [0.05, 0.1) is 17.4 Å². The fraction of sp³-hybridized carbons (Fsp3) is 0.200. The van der Waals surface area contributed by atoms with Crippen LogP contribution >= 0.6 is 15.9 Å². The van der Waals surface area contributed by atoms with Gasteiger partial charge in [0.25, 0.3) is 0 Å². The number of carbonyl (C=O) groups is 1. The van der Waals surface area contributed by atoms with E-state index in [-0.39, 0.29) is 11.7 Å². The number of nitrogens with one attached hydrogen (secondary N) is 1. The van der Waals surface area contributed by atoms with Crippen molar-refractivity contribution in [1.29, 1.82) is 0 Å². The highest BCUT2D eigenvalue weighted by Crippen LogP contribution is 2.17. The van der Waals surface area contributed by atoms with Crippen molar-refractivity contribution in [1.82, 2.24) is 4.98 Å². The monoisotopic (exact) mass is 349 g/mol. The molecule has 1 aromatic heterocycles. The van der Waals surface area contributed by atoms with E-state index in [9.17, 15) is 9.90 Å². The van der Waals surface area contributed by atoms with Gasteiger partial charge in [-0.2, -0.15) is 0 Å². The van der Waals surface area contributed by atoms with Gasteiger partial charge in [-0.1, -0.05) is 12.1 Å². The van der Waals surface area contributed by atoms with Crippen LogP contribution in [0.1, 0.15) is 11.3 Å². The number of hydrogen-bond donors (Lipinski definition) is 3. The van der Waals surface area contributed by atoms with Crippen LogP contribution in [-0.2, 0) is 11.2 Å². The molecule has 110 valence electrons. The first-order valence-corrected chi connectivity index (χ1v) is 7.22. The number of aryl methyl sites for hydroxylation is 1. The molecule has 4 N–H and O–H groups in total. The first-order valence-electron chi connectivity index (χ1n) is 6.43. The lowest BCUT2D eigenvalue weighted by atomic mass is 10.1. The average molecular weight is 350 g/mol. The van der Waals surface area contributed by atoms with E-state index in [1.54, 1.807) is 36.4 Å². The number of aromatic hydroxyl groups is 1. The molecular weight excluding hydrogens is 334 g/mol. The molecule has 1 unspecified atom stereocenters. The van der Waals surface area contributed by atoms with E-state index >= 15 is 0 Å². The molecule has 1 aromatic carbocycles. The first-order chi connectivity index (χ1) is 9.95. The zero-order valence-corrected chi connectivity index (χ0v) is 13.1. The van der Waals surface area contributed by atoms with Crippen LogP contribution in [0.5, 0.6) is 5.75 Å². The molecule has 1 heterocycles. The minimum atomic E-state index is -0.669. The van der Waals surface area contributed by atoms with Crippen LogP contribution in [0.4, 0.5) is 5.69 Å². The maximum Gasteiger partial charge on any atom is 0.241 e. The largest absolute Gasteiger partial charge is 0.508 e. The van der Waals surface area contributed by atoms with Crippen molar-refractivity contribution in [3.05, 3.63) is 52.3 Å². The lowest BCUT2D eigenvalue weighted by Crippen LogP contribution is -2.37. The van der Waals surface area contributed by atoms with Gasteiger partial charge >= 0.3 is 0 Å². The summed E-state index contributed by atoms with van der Waals surface area (Å²) in [5.41, 5.74) is 8.16. The third-order valence-electron chi connectivity index (χ3n) is 3.04. The van der Waals surface area contributed by atoms with Crippen LogP contribution in [0.15, 0.2) is 41.0 Å². The van der Waals surface area contributed by atoms with Gasteiger partial charge in [-0.3, -0.25) is 4.79 Å². The van der Waals surface area contributed by atoms with Gasteiger partial charge in [0.15, 0.2) is 0 Å². The second-order valence-corrected chi connectivity index (χ2v) is 5.55. The van der Waals surface area contributed by atoms with E-state index in [4.69, 9.17) is 5.73 Å². The van der Waals surface area contributed by atoms with E-state index < -0.39 is 6.04 Å². The molecule has 0 saturated carbocycles. The molecule has 0 fully saturated rings. The summed E-state index contributed by atoms with van der Waals surface area (Å²) in [7, 11) is 0. The normalized spacial score (nSPS) is 12.0. The van der Waals surface area contributed by atoms with Crippen molar-refractivity contribution >= 4 is 27.5 Å². The van der Waals surface area contributed by atoms with Crippen molar-refractivity contribution < 1.29 is 9.90 Å². The maximum absolute atomic E-state index is 12.1. The van der Waals surface area contributed by atoms with Gasteiger partial charge in [0.2, 0.25) is 5.91 Å². The summed E-state index contributed by atoms with van der Waals surface area (Å²) < 4.78 is 0.714. The van der Waals surface area contributed by atoms with Crippen LogP contribution < -0.4 is 11.1 Å². The molecule has 1 atom stereocenters. The molecular formula is C15H16BrN3O2. The summed E-state index contributed by atoms with van der Waals surface area (Å²) in [5, 5.41) is 12.0. The number of hydrogen-bond acceptors (Lipinski definition) is 4. The topological polar surface area (TPSA) is 88.2 Å². The highest BCUT2D eigenvalue weighted by atomic mass is 79.9. The fourth-order valence-corrected chi connectivity index (χ4v) is 2.26. The standard InChI is InChI=1S/C15H16BrN3O2/c1-9-13(6-7-14(16)18-9)19-15(21)12(17)8-10-2-4-11(20)5-3-10/h2-7,12,20H,8,17H2,1H3,(H,19,21). The smallest absolute Gasteiger partial charge is 0.241 e. The first kappa shape index (κ1) is 15.5. The third-order valence-corrected chi connectivity index (χ3v) is 3.48. The van der Waals surface area contributed by atoms with Crippen molar-refractivity contribution in [2.24, 2.45) is 5.73 Å². The molecule has 0 saturated heterocycles. The van der Waals surface area contributed by atoms with Gasteiger partial charge in [0, 0.05) is 0 Å². The molecule has 21 heavy (non-hydrogen) atoms. The van der Waals surface area contributed by atoms with Gasteiger partial charge in [-0.25, -0.2) is 4.98 Å². The molecule has 6 heteroatoms. The quantitative estimate of drug-likeness (QED) is 0.739. The molecule has 1 amide bonds. The number of aromatic nitrogens is 1. The van der Waals surface area contributed by atoms with E-state index in [1.165, 1.54) is 0 Å². The number of amides is 1. The summed E-state index contributed by atoms with van der Waals surface area (Å²) in [6, 6.07) is 9.50. The lowest BCUT2D eigenvalue weighted by Gasteiger charge is -2.13. The zero-order valence-electron chi connectivity index (χ0n) is 11.5. The SMILES string of the molecule is Cc1nc(Br)ccc1NC(=O)C(N)Cc1ccc(O)cc1. The number of nitrogens with two attached hydrogens (primary N) is 1. The van der Waals surface area contributed by atoms with Gasteiger partial charge in [0.1, 0.15) is 10.4 Å². The number of halogens is 1. The van der Waals surface area contributed by atoms with Crippen molar-refractivity contribution in [2.75, 3.05) is 5.32 Å².